The van der Waals surface area contributed by atoms with E-state index >= 15 is 0 Å². The Morgan fingerprint density at radius 3 is 1.69 bits per heavy atom. The van der Waals surface area contributed by atoms with Crippen LogP contribution in [0.15, 0.2) is 60.8 Å². The summed E-state index contributed by atoms with van der Waals surface area (Å²) in [4.78, 5) is 36.6. The van der Waals surface area contributed by atoms with E-state index in [0.717, 1.165) is 51.4 Å². The number of rotatable bonds is 31. The first-order valence-corrected chi connectivity index (χ1v) is 18.3. The second-order valence-corrected chi connectivity index (χ2v) is 13.1. The predicted octanol–water partition coefficient (Wildman–Crippen LogP) is 9.07. The van der Waals surface area contributed by atoms with Gasteiger partial charge in [0.25, 0.3) is 0 Å². The van der Waals surface area contributed by atoms with Crippen LogP contribution in [-0.2, 0) is 28.6 Å². The number of nitrogens with zero attached hydrogens (tertiary/aromatic N) is 1. The lowest BCUT2D eigenvalue weighted by molar-refractivity contribution is -0.887. The van der Waals surface area contributed by atoms with Crippen LogP contribution in [-0.4, -0.2) is 80.6 Å². The maximum absolute atomic E-state index is 12.6. The van der Waals surface area contributed by atoms with Crippen LogP contribution in [0.5, 0.6) is 0 Å². The van der Waals surface area contributed by atoms with E-state index in [0.29, 0.717) is 19.3 Å². The number of carboxylic acids is 1. The van der Waals surface area contributed by atoms with Crippen molar-refractivity contribution in [3.05, 3.63) is 60.8 Å². The number of esters is 2. The van der Waals surface area contributed by atoms with Crippen molar-refractivity contribution in [1.29, 1.82) is 0 Å². The first-order chi connectivity index (χ1) is 23.1. The monoisotopic (exact) mass is 674 g/mol. The molecule has 2 unspecified atom stereocenters. The molecule has 8 nitrogen and oxygen atoms in total. The molecule has 1 N–H and O–H groups in total. The molecule has 48 heavy (non-hydrogen) atoms. The van der Waals surface area contributed by atoms with Gasteiger partial charge in [-0.3, -0.25) is 9.59 Å². The number of likely N-dealkylation sites (N-methyl/N-ethyl adjacent to an activating group) is 1. The summed E-state index contributed by atoms with van der Waals surface area (Å²) >= 11 is 0. The molecule has 0 aliphatic carbocycles. The van der Waals surface area contributed by atoms with Gasteiger partial charge in [0.1, 0.15) is 6.61 Å². The third-order valence-corrected chi connectivity index (χ3v) is 7.70. The molecule has 8 heteroatoms. The van der Waals surface area contributed by atoms with E-state index in [1.165, 1.54) is 32.1 Å². The molecule has 0 spiro atoms. The van der Waals surface area contributed by atoms with Gasteiger partial charge >= 0.3 is 17.9 Å². The van der Waals surface area contributed by atoms with E-state index in [1.807, 2.05) is 33.3 Å². The van der Waals surface area contributed by atoms with Crippen LogP contribution < -0.4 is 0 Å². The second-order valence-electron chi connectivity index (χ2n) is 13.1. The van der Waals surface area contributed by atoms with E-state index in [-0.39, 0.29) is 36.7 Å². The zero-order valence-corrected chi connectivity index (χ0v) is 30.9. The van der Waals surface area contributed by atoms with Crippen molar-refractivity contribution in [2.75, 3.05) is 41.0 Å². The van der Waals surface area contributed by atoms with Crippen molar-refractivity contribution < 1.29 is 38.2 Å². The van der Waals surface area contributed by atoms with Gasteiger partial charge in [0.05, 0.1) is 34.4 Å². The third kappa shape index (κ3) is 29.2. The molecular weight excluding hydrogens is 606 g/mol. The minimum absolute atomic E-state index is 0.0297. The lowest BCUT2D eigenvalue weighted by atomic mass is 10.1. The normalized spacial score (nSPS) is 13.8. The van der Waals surface area contributed by atoms with Gasteiger partial charge in [-0.15, -0.1) is 0 Å². The number of hydrogen-bond donors (Lipinski definition) is 1. The molecule has 0 amide bonds. The Morgan fingerprint density at radius 2 is 1.17 bits per heavy atom. The van der Waals surface area contributed by atoms with Crippen LogP contribution in [0, 0.1) is 0 Å². The van der Waals surface area contributed by atoms with Crippen molar-refractivity contribution in [3.8, 4) is 0 Å². The lowest BCUT2D eigenvalue weighted by Crippen LogP contribution is -2.50. The maximum Gasteiger partial charge on any atom is 0.362 e. The molecule has 0 aromatic heterocycles. The van der Waals surface area contributed by atoms with Crippen molar-refractivity contribution in [2.24, 2.45) is 0 Å². The highest BCUT2D eigenvalue weighted by Crippen LogP contribution is 2.12. The van der Waals surface area contributed by atoms with E-state index in [2.05, 4.69) is 62.5 Å². The third-order valence-electron chi connectivity index (χ3n) is 7.70. The number of carbonyl (C=O) groups is 3. The molecule has 0 aliphatic rings. The van der Waals surface area contributed by atoms with E-state index in [4.69, 9.17) is 14.2 Å². The zero-order chi connectivity index (χ0) is 35.7. The molecule has 0 rings (SSSR count). The number of allylic oxidation sites excluding steroid dienone is 10. The Kier molecular flexibility index (Phi) is 29.4. The van der Waals surface area contributed by atoms with Crippen molar-refractivity contribution in [2.45, 2.75) is 135 Å². The average molecular weight is 675 g/mol. The molecule has 0 aromatic rings. The zero-order valence-electron chi connectivity index (χ0n) is 30.9. The molecule has 0 aromatic carbocycles. The molecule has 0 radical (unpaired) electrons. The molecule has 0 aliphatic heterocycles. The number of hydrogen-bond acceptors (Lipinski definition) is 6. The van der Waals surface area contributed by atoms with Gasteiger partial charge in [0.15, 0.2) is 12.1 Å². The Hall–Kier alpha value is -2.97. The number of ether oxygens (including phenoxy) is 3. The molecule has 0 saturated carbocycles. The van der Waals surface area contributed by atoms with Gasteiger partial charge in [-0.1, -0.05) is 120 Å². The van der Waals surface area contributed by atoms with Crippen molar-refractivity contribution >= 4 is 17.9 Å². The Bertz CT molecular complexity index is 975. The minimum atomic E-state index is -0.890. The Morgan fingerprint density at radius 1 is 0.646 bits per heavy atom. The summed E-state index contributed by atoms with van der Waals surface area (Å²) in [5.41, 5.74) is 0. The van der Waals surface area contributed by atoms with Gasteiger partial charge in [-0.05, 0) is 44.9 Å². The fourth-order valence-electron chi connectivity index (χ4n) is 4.84. The molecule has 0 fully saturated rings. The molecule has 0 saturated heterocycles. The van der Waals surface area contributed by atoms with Gasteiger partial charge < -0.3 is 23.8 Å². The summed E-state index contributed by atoms with van der Waals surface area (Å²) in [6.45, 7) is 4.48. The maximum atomic E-state index is 12.6. The molecule has 2 atom stereocenters. The SMILES string of the molecule is CC/C=C/C/C=C/C/C=C/C/C=C/C/C=C/CCC(=O)OC(COCCC(C(=O)O)[N+](C)(C)C)COC(=O)CCCCCCCCCC. The fourth-order valence-corrected chi connectivity index (χ4v) is 4.84. The van der Waals surface area contributed by atoms with E-state index in [9.17, 15) is 19.5 Å². The number of carbonyl (C=O) groups excluding carboxylic acids is 2. The smallest absolute Gasteiger partial charge is 0.362 e. The summed E-state index contributed by atoms with van der Waals surface area (Å²) in [6, 6.07) is -0.626. The largest absolute Gasteiger partial charge is 0.477 e. The quantitative estimate of drug-likeness (QED) is 0.0339. The Balaban J connectivity index is 4.57. The van der Waals surface area contributed by atoms with E-state index in [1.54, 1.807) is 0 Å². The number of aliphatic carboxylic acids is 1. The van der Waals surface area contributed by atoms with Crippen molar-refractivity contribution in [3.63, 3.8) is 0 Å². The Labute approximate surface area is 292 Å². The average Bonchev–Trinajstić information content (AvgIpc) is 3.03. The first-order valence-electron chi connectivity index (χ1n) is 18.3. The topological polar surface area (TPSA) is 99.1 Å². The van der Waals surface area contributed by atoms with Crippen LogP contribution in [0.3, 0.4) is 0 Å². The standard InChI is InChI=1S/C40H67NO7/c1-6-8-10-12-14-16-17-18-19-20-21-22-23-25-27-29-31-39(43)48-36(34-46-33-32-37(40(44)45)41(3,4)5)35-47-38(42)30-28-26-24-15-13-11-9-7-2/h8,10,14,16,18-19,21-22,25,27,36-37H,6-7,9,11-13,15,17,20,23-24,26,28-35H2,1-5H3/p+1/b10-8+,16-14+,19-18+,22-21+,27-25+. The number of unbranched alkanes of at least 4 members (excludes halogenated alkanes) is 7. The van der Waals surface area contributed by atoms with Gasteiger partial charge in [-0.2, -0.15) is 0 Å². The first kappa shape index (κ1) is 45.0. The predicted molar refractivity (Wildman–Crippen MR) is 197 cm³/mol. The van der Waals surface area contributed by atoms with Crippen LogP contribution in [0.1, 0.15) is 123 Å². The summed E-state index contributed by atoms with van der Waals surface area (Å²) in [5.74, 6) is -1.59. The van der Waals surface area contributed by atoms with Crippen molar-refractivity contribution in [1.82, 2.24) is 0 Å². The fraction of sp³-hybridized carbons (Fsp3) is 0.675. The summed E-state index contributed by atoms with van der Waals surface area (Å²) in [6.07, 6.45) is 35.7. The van der Waals surface area contributed by atoms with Gasteiger partial charge in [0, 0.05) is 19.3 Å². The molecule has 0 bridgehead atoms. The van der Waals surface area contributed by atoms with Gasteiger partial charge in [-0.25, -0.2) is 4.79 Å². The summed E-state index contributed by atoms with van der Waals surface area (Å²) in [7, 11) is 5.48. The van der Waals surface area contributed by atoms with Crippen LogP contribution >= 0.6 is 0 Å². The highest BCUT2D eigenvalue weighted by atomic mass is 16.6. The summed E-state index contributed by atoms with van der Waals surface area (Å²) in [5, 5.41) is 9.56. The van der Waals surface area contributed by atoms with Crippen LogP contribution in [0.4, 0.5) is 0 Å². The lowest BCUT2D eigenvalue weighted by Gasteiger charge is -2.31. The highest BCUT2D eigenvalue weighted by Gasteiger charge is 2.31. The summed E-state index contributed by atoms with van der Waals surface area (Å²) < 4.78 is 17.0. The molecular formula is C40H68NO7+. The number of quaternary nitrogens is 1. The molecule has 274 valence electrons. The second kappa shape index (κ2) is 31.3. The minimum Gasteiger partial charge on any atom is -0.477 e. The highest BCUT2D eigenvalue weighted by molar-refractivity contribution is 5.72. The van der Waals surface area contributed by atoms with Crippen LogP contribution in [0.25, 0.3) is 0 Å². The number of carboxylic acid groups (broad SMARTS) is 1. The molecule has 0 heterocycles. The van der Waals surface area contributed by atoms with Crippen LogP contribution in [0.2, 0.25) is 0 Å². The van der Waals surface area contributed by atoms with Gasteiger partial charge in [0.2, 0.25) is 0 Å². The van der Waals surface area contributed by atoms with E-state index < -0.39 is 24.1 Å².